The topological polar surface area (TPSA) is 119 Å². The fraction of sp³-hybridized carbons (Fsp3) is 0.158. The minimum atomic E-state index is -1.02. The Morgan fingerprint density at radius 3 is 2.48 bits per heavy atom. The van der Waals surface area contributed by atoms with Gasteiger partial charge in [-0.15, -0.1) is 0 Å². The summed E-state index contributed by atoms with van der Waals surface area (Å²) in [4.78, 5) is 34.4. The van der Waals surface area contributed by atoms with Crippen molar-refractivity contribution in [3.8, 4) is 5.75 Å². The molecular formula is C19H18N2O6. The molecule has 0 aliphatic rings. The number of carbonyl (C=O) groups is 2. The Balaban J connectivity index is 2.13. The second-order valence-corrected chi connectivity index (χ2v) is 5.51. The van der Waals surface area contributed by atoms with Crippen LogP contribution in [0.5, 0.6) is 5.75 Å². The van der Waals surface area contributed by atoms with Crippen LogP contribution in [0.2, 0.25) is 0 Å². The zero-order chi connectivity index (χ0) is 20.0. The van der Waals surface area contributed by atoms with Crippen LogP contribution in [0.3, 0.4) is 0 Å². The van der Waals surface area contributed by atoms with Crippen LogP contribution < -0.4 is 10.1 Å². The molecule has 0 heterocycles. The van der Waals surface area contributed by atoms with Crippen LogP contribution in [0.1, 0.15) is 18.1 Å². The van der Waals surface area contributed by atoms with Crippen molar-refractivity contribution in [2.45, 2.75) is 13.8 Å². The Hall–Kier alpha value is -3.68. The van der Waals surface area contributed by atoms with Crippen molar-refractivity contribution in [2.75, 3.05) is 11.9 Å². The van der Waals surface area contributed by atoms with Gasteiger partial charge in [-0.05, 0) is 44.2 Å². The molecule has 0 saturated heterocycles. The summed E-state index contributed by atoms with van der Waals surface area (Å²) in [6.45, 7) is 3.80. The molecule has 27 heavy (non-hydrogen) atoms. The molecule has 0 aliphatic heterocycles. The molecule has 2 aromatic carbocycles. The maximum atomic E-state index is 12.0. The number of nitrogens with zero attached hydrogens (tertiary/aromatic N) is 1. The van der Waals surface area contributed by atoms with Gasteiger partial charge in [0.15, 0.2) is 0 Å². The lowest BCUT2D eigenvalue weighted by Gasteiger charge is -2.07. The molecule has 1 amide bonds. The van der Waals surface area contributed by atoms with E-state index in [1.807, 2.05) is 6.92 Å². The standard InChI is InChI=1S/C19H18N2O6/c1-3-27-14-9-7-13(8-10-14)17(22)11-18(23)19(24)20-15-5-4-6-16(12(15)2)21(25)26/h4-11,22H,3H2,1-2H3,(H,20,24)/b17-11-. The normalized spacial score (nSPS) is 11.0. The van der Waals surface area contributed by atoms with Crippen LogP contribution in [0.15, 0.2) is 48.5 Å². The minimum absolute atomic E-state index is 0.150. The molecular weight excluding hydrogens is 352 g/mol. The summed E-state index contributed by atoms with van der Waals surface area (Å²) in [7, 11) is 0. The third-order valence-electron chi connectivity index (χ3n) is 3.70. The summed E-state index contributed by atoms with van der Waals surface area (Å²) in [6.07, 6.45) is 0.789. The summed E-state index contributed by atoms with van der Waals surface area (Å²) in [5, 5.41) is 23.3. The highest BCUT2D eigenvalue weighted by Gasteiger charge is 2.18. The van der Waals surface area contributed by atoms with Gasteiger partial charge in [0, 0.05) is 17.7 Å². The number of anilines is 1. The minimum Gasteiger partial charge on any atom is -0.507 e. The number of rotatable bonds is 7. The summed E-state index contributed by atoms with van der Waals surface area (Å²) in [5.41, 5.74) is 0.541. The number of aliphatic hydroxyl groups is 1. The average Bonchev–Trinajstić information content (AvgIpc) is 2.63. The van der Waals surface area contributed by atoms with Crippen LogP contribution >= 0.6 is 0 Å². The van der Waals surface area contributed by atoms with Crippen LogP contribution in [-0.2, 0) is 9.59 Å². The first-order valence-corrected chi connectivity index (χ1v) is 8.06. The van der Waals surface area contributed by atoms with Gasteiger partial charge in [-0.25, -0.2) is 0 Å². The Morgan fingerprint density at radius 1 is 1.22 bits per heavy atom. The van der Waals surface area contributed by atoms with Crippen LogP contribution in [0.25, 0.3) is 5.76 Å². The van der Waals surface area contributed by atoms with Gasteiger partial charge in [-0.3, -0.25) is 19.7 Å². The maximum absolute atomic E-state index is 12.0. The predicted octanol–water partition coefficient (Wildman–Crippen LogP) is 3.41. The molecule has 0 aromatic heterocycles. The number of benzene rings is 2. The van der Waals surface area contributed by atoms with E-state index in [0.717, 1.165) is 6.08 Å². The van der Waals surface area contributed by atoms with E-state index in [0.29, 0.717) is 17.9 Å². The zero-order valence-corrected chi connectivity index (χ0v) is 14.8. The first kappa shape index (κ1) is 19.6. The zero-order valence-electron chi connectivity index (χ0n) is 14.8. The third-order valence-corrected chi connectivity index (χ3v) is 3.70. The number of hydrogen-bond acceptors (Lipinski definition) is 6. The molecule has 8 heteroatoms. The van der Waals surface area contributed by atoms with Crippen molar-refractivity contribution in [2.24, 2.45) is 0 Å². The van der Waals surface area contributed by atoms with E-state index >= 15 is 0 Å². The van der Waals surface area contributed by atoms with E-state index in [2.05, 4.69) is 5.32 Å². The Morgan fingerprint density at radius 2 is 1.89 bits per heavy atom. The van der Waals surface area contributed by atoms with E-state index in [1.54, 1.807) is 24.3 Å². The first-order valence-electron chi connectivity index (χ1n) is 8.06. The van der Waals surface area contributed by atoms with E-state index in [9.17, 15) is 24.8 Å². The molecule has 2 rings (SSSR count). The number of nitrogens with one attached hydrogen (secondary N) is 1. The van der Waals surface area contributed by atoms with Crippen LogP contribution in [0.4, 0.5) is 11.4 Å². The second-order valence-electron chi connectivity index (χ2n) is 5.51. The number of nitro benzene ring substituents is 1. The van der Waals surface area contributed by atoms with Gasteiger partial charge >= 0.3 is 0 Å². The van der Waals surface area contributed by atoms with Crippen molar-refractivity contribution < 1.29 is 24.4 Å². The summed E-state index contributed by atoms with van der Waals surface area (Å²) >= 11 is 0. The van der Waals surface area contributed by atoms with Gasteiger partial charge in [0.2, 0.25) is 5.78 Å². The number of ether oxygens (including phenoxy) is 1. The van der Waals surface area contributed by atoms with Crippen molar-refractivity contribution in [3.63, 3.8) is 0 Å². The first-order chi connectivity index (χ1) is 12.8. The van der Waals surface area contributed by atoms with E-state index in [-0.39, 0.29) is 22.7 Å². The summed E-state index contributed by atoms with van der Waals surface area (Å²) < 4.78 is 5.28. The van der Waals surface area contributed by atoms with Gasteiger partial charge in [0.25, 0.3) is 11.6 Å². The van der Waals surface area contributed by atoms with Gasteiger partial charge in [0.1, 0.15) is 11.5 Å². The lowest BCUT2D eigenvalue weighted by Crippen LogP contribution is -2.21. The second kappa shape index (κ2) is 8.61. The third kappa shape index (κ3) is 4.91. The maximum Gasteiger partial charge on any atom is 0.296 e. The molecule has 0 fully saturated rings. The van der Waals surface area contributed by atoms with Crippen molar-refractivity contribution in [3.05, 3.63) is 69.8 Å². The van der Waals surface area contributed by atoms with Crippen molar-refractivity contribution in [1.82, 2.24) is 0 Å². The molecule has 2 aromatic rings. The number of nitro groups is 1. The number of hydrogen-bond donors (Lipinski definition) is 2. The lowest BCUT2D eigenvalue weighted by atomic mass is 10.1. The molecule has 0 radical (unpaired) electrons. The van der Waals surface area contributed by atoms with Gasteiger partial charge in [-0.2, -0.15) is 0 Å². The number of carbonyl (C=O) groups excluding carboxylic acids is 2. The highest BCUT2D eigenvalue weighted by molar-refractivity contribution is 6.45. The van der Waals surface area contributed by atoms with Crippen molar-refractivity contribution >= 4 is 28.8 Å². The van der Waals surface area contributed by atoms with E-state index < -0.39 is 16.6 Å². The highest BCUT2D eigenvalue weighted by atomic mass is 16.6. The summed E-state index contributed by atoms with van der Waals surface area (Å²) in [6, 6.07) is 10.5. The monoisotopic (exact) mass is 370 g/mol. The SMILES string of the molecule is CCOc1ccc(/C(O)=C/C(=O)C(=O)Nc2cccc([N+](=O)[O-])c2C)cc1. The molecule has 0 spiro atoms. The Labute approximate surface area is 155 Å². The number of aliphatic hydroxyl groups excluding tert-OH is 1. The number of ketones is 1. The molecule has 0 bridgehead atoms. The average molecular weight is 370 g/mol. The number of amides is 1. The quantitative estimate of drug-likeness (QED) is 0.253. The largest absolute Gasteiger partial charge is 0.507 e. The van der Waals surface area contributed by atoms with Crippen LogP contribution in [-0.4, -0.2) is 28.3 Å². The Kier molecular flexibility index (Phi) is 6.27. The molecule has 2 N–H and O–H groups in total. The molecule has 140 valence electrons. The van der Waals surface area contributed by atoms with E-state index in [4.69, 9.17) is 4.74 Å². The fourth-order valence-electron chi connectivity index (χ4n) is 2.30. The van der Waals surface area contributed by atoms with Gasteiger partial charge < -0.3 is 15.2 Å². The van der Waals surface area contributed by atoms with Gasteiger partial charge in [0.05, 0.1) is 22.8 Å². The van der Waals surface area contributed by atoms with Gasteiger partial charge in [-0.1, -0.05) is 6.07 Å². The molecule has 0 aliphatic carbocycles. The smallest absolute Gasteiger partial charge is 0.296 e. The van der Waals surface area contributed by atoms with Crippen molar-refractivity contribution in [1.29, 1.82) is 0 Å². The van der Waals surface area contributed by atoms with E-state index in [1.165, 1.54) is 25.1 Å². The molecule has 0 atom stereocenters. The summed E-state index contributed by atoms with van der Waals surface area (Å²) in [5.74, 6) is -1.78. The Bertz CT molecular complexity index is 903. The van der Waals surface area contributed by atoms with Crippen LogP contribution in [0, 0.1) is 17.0 Å². The molecule has 0 unspecified atom stereocenters. The lowest BCUT2D eigenvalue weighted by molar-refractivity contribution is -0.385. The predicted molar refractivity (Wildman–Crippen MR) is 99.7 cm³/mol. The molecule has 8 nitrogen and oxygen atoms in total. The molecule has 0 saturated carbocycles. The highest BCUT2D eigenvalue weighted by Crippen LogP contribution is 2.25. The fourth-order valence-corrected chi connectivity index (χ4v) is 2.30.